The van der Waals surface area contributed by atoms with Crippen molar-refractivity contribution in [1.29, 1.82) is 0 Å². The van der Waals surface area contributed by atoms with Gasteiger partial charge in [0, 0.05) is 9.75 Å². The molecule has 0 bridgehead atoms. The maximum Gasteiger partial charge on any atom is 0.0629 e. The smallest absolute Gasteiger partial charge is 0.0629 e. The molecule has 0 spiro atoms. The molecular formula is C9H12I2S. The molecule has 68 valence electrons. The van der Waals surface area contributed by atoms with E-state index < -0.39 is 0 Å². The summed E-state index contributed by atoms with van der Waals surface area (Å²) in [5.41, 5.74) is 1.55. The predicted octanol–water partition coefficient (Wildman–Crippen LogP) is 4.49. The average Bonchev–Trinajstić information content (AvgIpc) is 2.26. The summed E-state index contributed by atoms with van der Waals surface area (Å²) >= 11 is 6.87. The molecule has 0 aliphatic rings. The third-order valence-electron chi connectivity index (χ3n) is 1.78. The molecule has 0 aromatic carbocycles. The van der Waals surface area contributed by atoms with Crippen LogP contribution in [-0.4, -0.2) is 1.93 Å². The first kappa shape index (κ1) is 11.2. The zero-order chi connectivity index (χ0) is 9.14. The van der Waals surface area contributed by atoms with Crippen LogP contribution in [0.4, 0.5) is 0 Å². The van der Waals surface area contributed by atoms with Crippen LogP contribution in [-0.2, 0) is 6.42 Å². The van der Waals surface area contributed by atoms with Gasteiger partial charge in [-0.15, -0.1) is 11.3 Å². The Morgan fingerprint density at radius 3 is 2.50 bits per heavy atom. The number of hydrogen-bond acceptors (Lipinski definition) is 1. The molecule has 0 saturated heterocycles. The molecule has 0 nitrogen and oxygen atoms in total. The largest absolute Gasteiger partial charge is 0.146 e. The zero-order valence-electron chi connectivity index (χ0n) is 7.23. The van der Waals surface area contributed by atoms with E-state index in [0.29, 0.717) is 0 Å². The molecule has 12 heavy (non-hydrogen) atoms. The van der Waals surface area contributed by atoms with Crippen molar-refractivity contribution >= 4 is 56.5 Å². The Balaban J connectivity index is 2.57. The van der Waals surface area contributed by atoms with Gasteiger partial charge in [0.25, 0.3) is 0 Å². The van der Waals surface area contributed by atoms with Crippen LogP contribution in [0.1, 0.15) is 21.7 Å². The van der Waals surface area contributed by atoms with Gasteiger partial charge in [-0.3, -0.25) is 0 Å². The number of alkyl halides is 2. The molecule has 1 aromatic heterocycles. The normalized spacial score (nSPS) is 11.1. The first-order chi connectivity index (χ1) is 5.59. The van der Waals surface area contributed by atoms with Crippen LogP contribution in [0, 0.1) is 13.8 Å². The van der Waals surface area contributed by atoms with Crippen LogP contribution in [0.5, 0.6) is 0 Å². The highest BCUT2D eigenvalue weighted by molar-refractivity contribution is 14.2. The monoisotopic (exact) mass is 406 g/mol. The van der Waals surface area contributed by atoms with Gasteiger partial charge in [-0.1, -0.05) is 45.2 Å². The quantitative estimate of drug-likeness (QED) is 0.513. The Morgan fingerprint density at radius 1 is 1.42 bits per heavy atom. The van der Waals surface area contributed by atoms with Crippen LogP contribution in [0.3, 0.4) is 0 Å². The van der Waals surface area contributed by atoms with Gasteiger partial charge >= 0.3 is 0 Å². The molecule has 0 N–H and O–H groups in total. The van der Waals surface area contributed by atoms with E-state index in [9.17, 15) is 0 Å². The third-order valence-corrected chi connectivity index (χ3v) is 4.03. The summed E-state index contributed by atoms with van der Waals surface area (Å²) in [4.78, 5) is 2.95. The highest BCUT2D eigenvalue weighted by Gasteiger charge is 2.04. The van der Waals surface area contributed by atoms with E-state index in [1.165, 1.54) is 22.6 Å². The Labute approximate surface area is 105 Å². The second-order valence-electron chi connectivity index (χ2n) is 2.87. The van der Waals surface area contributed by atoms with Gasteiger partial charge in [-0.05, 0) is 38.3 Å². The van der Waals surface area contributed by atoms with Crippen molar-refractivity contribution < 1.29 is 0 Å². The van der Waals surface area contributed by atoms with E-state index in [1.807, 2.05) is 11.3 Å². The van der Waals surface area contributed by atoms with E-state index in [2.05, 4.69) is 65.1 Å². The second kappa shape index (κ2) is 5.14. The Kier molecular flexibility index (Phi) is 4.82. The molecule has 3 heteroatoms. The summed E-state index contributed by atoms with van der Waals surface area (Å²) in [7, 11) is 0. The predicted molar refractivity (Wildman–Crippen MR) is 73.9 cm³/mol. The average molecular weight is 406 g/mol. The van der Waals surface area contributed by atoms with Crippen LogP contribution in [0.25, 0.3) is 0 Å². The van der Waals surface area contributed by atoms with Gasteiger partial charge in [-0.25, -0.2) is 0 Å². The Hall–Kier alpha value is 1.16. The lowest BCUT2D eigenvalue weighted by Crippen LogP contribution is -1.90. The molecule has 0 amide bonds. The van der Waals surface area contributed by atoms with E-state index in [0.717, 1.165) is 1.93 Å². The van der Waals surface area contributed by atoms with E-state index in [-0.39, 0.29) is 0 Å². The third kappa shape index (κ3) is 3.49. The molecule has 0 fully saturated rings. The summed E-state index contributed by atoms with van der Waals surface area (Å²) in [6, 6.07) is 2.33. The van der Waals surface area contributed by atoms with Crippen molar-refractivity contribution in [3.05, 3.63) is 21.4 Å². The fourth-order valence-corrected chi connectivity index (χ4v) is 2.80. The molecule has 0 atom stereocenters. The summed E-state index contributed by atoms with van der Waals surface area (Å²) in [5.74, 6) is 0. The van der Waals surface area contributed by atoms with Gasteiger partial charge in [0.1, 0.15) is 0 Å². The van der Waals surface area contributed by atoms with E-state index >= 15 is 0 Å². The minimum atomic E-state index is 0.764. The van der Waals surface area contributed by atoms with Gasteiger partial charge in [0.2, 0.25) is 0 Å². The molecule has 0 aliphatic carbocycles. The minimum Gasteiger partial charge on any atom is -0.146 e. The highest BCUT2D eigenvalue weighted by atomic mass is 127. The number of thiophene rings is 1. The van der Waals surface area contributed by atoms with Gasteiger partial charge in [0.15, 0.2) is 0 Å². The summed E-state index contributed by atoms with van der Waals surface area (Å²) in [5, 5.41) is 0. The minimum absolute atomic E-state index is 0.764. The molecule has 1 heterocycles. The summed E-state index contributed by atoms with van der Waals surface area (Å²) < 4.78 is 0.764. The number of rotatable bonds is 3. The maximum atomic E-state index is 2.48. The lowest BCUT2D eigenvalue weighted by molar-refractivity contribution is 0.930. The van der Waals surface area contributed by atoms with Crippen molar-refractivity contribution in [2.45, 2.75) is 28.6 Å². The zero-order valence-corrected chi connectivity index (χ0v) is 12.4. The maximum absolute atomic E-state index is 2.48. The van der Waals surface area contributed by atoms with Gasteiger partial charge < -0.3 is 0 Å². The van der Waals surface area contributed by atoms with Crippen molar-refractivity contribution in [2.24, 2.45) is 0 Å². The van der Waals surface area contributed by atoms with Crippen molar-refractivity contribution in [2.75, 3.05) is 0 Å². The lowest BCUT2D eigenvalue weighted by atomic mass is 10.1. The van der Waals surface area contributed by atoms with Crippen LogP contribution in [0.2, 0.25) is 0 Å². The number of aryl methyl sites for hydroxylation is 3. The van der Waals surface area contributed by atoms with Crippen LogP contribution >= 0.6 is 56.5 Å². The Bertz CT molecular complexity index is 253. The van der Waals surface area contributed by atoms with Crippen LogP contribution < -0.4 is 0 Å². The number of halogens is 2. The van der Waals surface area contributed by atoms with Crippen LogP contribution in [0.15, 0.2) is 6.07 Å². The van der Waals surface area contributed by atoms with Gasteiger partial charge in [0.05, 0.1) is 1.93 Å². The second-order valence-corrected chi connectivity index (χ2v) is 9.72. The first-order valence-corrected chi connectivity index (χ1v) is 7.24. The fourth-order valence-electron chi connectivity index (χ4n) is 1.20. The first-order valence-electron chi connectivity index (χ1n) is 3.93. The molecule has 1 aromatic rings. The fraction of sp³-hybridized carbons (Fsp3) is 0.556. The van der Waals surface area contributed by atoms with Crippen molar-refractivity contribution in [3.63, 3.8) is 0 Å². The Morgan fingerprint density at radius 2 is 2.08 bits per heavy atom. The molecule has 0 aliphatic heterocycles. The van der Waals surface area contributed by atoms with Crippen molar-refractivity contribution in [1.82, 2.24) is 0 Å². The molecular weight excluding hydrogens is 394 g/mol. The van der Waals surface area contributed by atoms with E-state index in [4.69, 9.17) is 0 Å². The topological polar surface area (TPSA) is 0 Å². The lowest BCUT2D eigenvalue weighted by Gasteiger charge is -2.00. The van der Waals surface area contributed by atoms with Crippen molar-refractivity contribution in [3.8, 4) is 0 Å². The molecule has 0 radical (unpaired) electrons. The number of hydrogen-bond donors (Lipinski definition) is 0. The van der Waals surface area contributed by atoms with Gasteiger partial charge in [-0.2, -0.15) is 0 Å². The molecule has 0 unspecified atom stereocenters. The van der Waals surface area contributed by atoms with E-state index in [1.54, 1.807) is 5.56 Å². The SMILES string of the molecule is Cc1cc(CCC(I)I)c(C)s1. The summed E-state index contributed by atoms with van der Waals surface area (Å²) in [6.07, 6.45) is 2.53. The molecule has 1 rings (SSSR count). The summed E-state index contributed by atoms with van der Waals surface area (Å²) in [6.45, 7) is 4.41. The standard InChI is InChI=1S/C9H12I2S/c1-6-5-8(7(2)12-6)3-4-9(10)11/h5,9H,3-4H2,1-2H3. The molecule has 0 saturated carbocycles. The highest BCUT2D eigenvalue weighted by Crippen LogP contribution is 2.24.